The molecule has 1 aromatic rings. The Morgan fingerprint density at radius 3 is 2.74 bits per heavy atom. The summed E-state index contributed by atoms with van der Waals surface area (Å²) in [4.78, 5) is 12.0. The molecule has 1 aliphatic rings. The summed E-state index contributed by atoms with van der Waals surface area (Å²) in [6.07, 6.45) is 5.48. The minimum absolute atomic E-state index is 0.0661. The first-order valence-electron chi connectivity index (χ1n) is 6.27. The second-order valence-corrected chi connectivity index (χ2v) is 6.04. The molecule has 0 atom stereocenters. The second kappa shape index (κ2) is 5.82. The van der Waals surface area contributed by atoms with Gasteiger partial charge >= 0.3 is 0 Å². The van der Waals surface area contributed by atoms with Crippen LogP contribution in [0, 0.1) is 5.82 Å². The van der Waals surface area contributed by atoms with Crippen molar-refractivity contribution >= 4 is 17.7 Å². The quantitative estimate of drug-likeness (QED) is 0.903. The van der Waals surface area contributed by atoms with Crippen molar-refractivity contribution in [1.82, 2.24) is 5.32 Å². The van der Waals surface area contributed by atoms with E-state index in [4.69, 9.17) is 4.74 Å². The van der Waals surface area contributed by atoms with Crippen molar-refractivity contribution in [3.63, 3.8) is 0 Å². The summed E-state index contributed by atoms with van der Waals surface area (Å²) < 4.78 is 18.8. The van der Waals surface area contributed by atoms with Crippen molar-refractivity contribution in [1.29, 1.82) is 0 Å². The number of benzene rings is 1. The summed E-state index contributed by atoms with van der Waals surface area (Å²) in [5, 5.41) is 2.83. The van der Waals surface area contributed by atoms with E-state index in [1.54, 1.807) is 17.8 Å². The Morgan fingerprint density at radius 2 is 2.26 bits per heavy atom. The van der Waals surface area contributed by atoms with Gasteiger partial charge in [-0.25, -0.2) is 4.39 Å². The minimum Gasteiger partial charge on any atom is -0.497 e. The van der Waals surface area contributed by atoms with Gasteiger partial charge in [0.2, 0.25) is 0 Å². The fourth-order valence-corrected chi connectivity index (χ4v) is 3.08. The molecule has 0 heterocycles. The van der Waals surface area contributed by atoms with Gasteiger partial charge in [0.25, 0.3) is 5.91 Å². The van der Waals surface area contributed by atoms with E-state index in [1.165, 1.54) is 25.7 Å². The average Bonchev–Trinajstić information content (AvgIpc) is 2.37. The van der Waals surface area contributed by atoms with E-state index in [9.17, 15) is 9.18 Å². The molecule has 0 aliphatic heterocycles. The highest BCUT2D eigenvalue weighted by Gasteiger charge is 2.36. The second-order valence-electron chi connectivity index (χ2n) is 4.77. The highest BCUT2D eigenvalue weighted by atomic mass is 32.2. The maximum Gasteiger partial charge on any atom is 0.254 e. The molecule has 1 N–H and O–H groups in total. The van der Waals surface area contributed by atoms with Gasteiger partial charge in [0.1, 0.15) is 11.6 Å². The van der Waals surface area contributed by atoms with Crippen LogP contribution in [0.2, 0.25) is 0 Å². The van der Waals surface area contributed by atoms with Crippen molar-refractivity contribution in [3.05, 3.63) is 29.6 Å². The lowest BCUT2D eigenvalue weighted by Gasteiger charge is -2.40. The number of halogens is 1. The molecule has 0 aromatic heterocycles. The Morgan fingerprint density at radius 1 is 1.53 bits per heavy atom. The van der Waals surface area contributed by atoms with Gasteiger partial charge in [-0.2, -0.15) is 11.8 Å². The predicted octanol–water partition coefficient (Wildman–Crippen LogP) is 2.85. The van der Waals surface area contributed by atoms with E-state index in [0.29, 0.717) is 12.3 Å². The molecule has 1 aromatic carbocycles. The van der Waals surface area contributed by atoms with Gasteiger partial charge in [-0.05, 0) is 31.2 Å². The SMILES string of the molecule is COc1ccc(C(=O)NCC2(SC)CCC2)c(F)c1. The number of carbonyl (C=O) groups is 1. The van der Waals surface area contributed by atoms with Gasteiger partial charge in [0.15, 0.2) is 0 Å². The number of carbonyl (C=O) groups excluding carboxylic acids is 1. The molecular weight excluding hydrogens is 265 g/mol. The molecule has 19 heavy (non-hydrogen) atoms. The van der Waals surface area contributed by atoms with Gasteiger partial charge in [-0.1, -0.05) is 6.42 Å². The van der Waals surface area contributed by atoms with Gasteiger partial charge in [0.05, 0.1) is 12.7 Å². The molecule has 5 heteroatoms. The first-order valence-corrected chi connectivity index (χ1v) is 7.49. The Balaban J connectivity index is 2.00. The van der Waals surface area contributed by atoms with Crippen LogP contribution < -0.4 is 10.1 Å². The number of nitrogens with one attached hydrogen (secondary N) is 1. The Kier molecular flexibility index (Phi) is 4.34. The highest BCUT2D eigenvalue weighted by Crippen LogP contribution is 2.42. The number of methoxy groups -OCH3 is 1. The molecule has 0 radical (unpaired) electrons. The summed E-state index contributed by atoms with van der Waals surface area (Å²) in [5.41, 5.74) is 0.0661. The maximum atomic E-state index is 13.7. The van der Waals surface area contributed by atoms with Crippen LogP contribution in [0.3, 0.4) is 0 Å². The van der Waals surface area contributed by atoms with Crippen molar-refractivity contribution in [2.45, 2.75) is 24.0 Å². The van der Waals surface area contributed by atoms with Crippen molar-refractivity contribution in [2.75, 3.05) is 19.9 Å². The molecule has 0 bridgehead atoms. The van der Waals surface area contributed by atoms with E-state index in [1.807, 2.05) is 0 Å². The van der Waals surface area contributed by atoms with Gasteiger partial charge in [-0.3, -0.25) is 4.79 Å². The number of rotatable bonds is 5. The van der Waals surface area contributed by atoms with Gasteiger partial charge in [0, 0.05) is 17.4 Å². The van der Waals surface area contributed by atoms with Crippen LogP contribution in [-0.2, 0) is 0 Å². The lowest BCUT2D eigenvalue weighted by molar-refractivity contribution is 0.0940. The fourth-order valence-electron chi connectivity index (χ4n) is 2.17. The summed E-state index contributed by atoms with van der Waals surface area (Å²) in [6, 6.07) is 4.27. The number of hydrogen-bond donors (Lipinski definition) is 1. The predicted molar refractivity (Wildman–Crippen MR) is 75.4 cm³/mol. The molecule has 3 nitrogen and oxygen atoms in total. The minimum atomic E-state index is -0.552. The summed E-state index contributed by atoms with van der Waals surface area (Å²) >= 11 is 1.78. The first kappa shape index (κ1) is 14.2. The molecule has 1 aliphatic carbocycles. The highest BCUT2D eigenvalue weighted by molar-refractivity contribution is 8.00. The molecule has 1 saturated carbocycles. The largest absolute Gasteiger partial charge is 0.497 e. The van der Waals surface area contributed by atoms with E-state index in [2.05, 4.69) is 11.6 Å². The number of hydrogen-bond acceptors (Lipinski definition) is 3. The lowest BCUT2D eigenvalue weighted by Crippen LogP contribution is -2.45. The first-order chi connectivity index (χ1) is 9.10. The zero-order chi connectivity index (χ0) is 13.9. The van der Waals surface area contributed by atoms with Gasteiger partial charge < -0.3 is 10.1 Å². The van der Waals surface area contributed by atoms with E-state index < -0.39 is 5.82 Å². The number of thioether (sulfide) groups is 1. The molecule has 0 spiro atoms. The number of ether oxygens (including phenoxy) is 1. The summed E-state index contributed by atoms with van der Waals surface area (Å²) in [6.45, 7) is 0.596. The normalized spacial score (nSPS) is 16.6. The molecule has 104 valence electrons. The van der Waals surface area contributed by atoms with Crippen LogP contribution in [0.5, 0.6) is 5.75 Å². The smallest absolute Gasteiger partial charge is 0.254 e. The fraction of sp³-hybridized carbons (Fsp3) is 0.500. The van der Waals surface area contributed by atoms with Crippen molar-refractivity contribution in [2.24, 2.45) is 0 Å². The molecule has 1 fully saturated rings. The van der Waals surface area contributed by atoms with Crippen molar-refractivity contribution < 1.29 is 13.9 Å². The van der Waals surface area contributed by atoms with Crippen LogP contribution >= 0.6 is 11.8 Å². The average molecular weight is 283 g/mol. The lowest BCUT2D eigenvalue weighted by atomic mass is 9.84. The van der Waals surface area contributed by atoms with Gasteiger partial charge in [-0.15, -0.1) is 0 Å². The standard InChI is InChI=1S/C14H18FNO2S/c1-18-10-4-5-11(12(15)8-10)13(17)16-9-14(19-2)6-3-7-14/h4-5,8H,3,6-7,9H2,1-2H3,(H,16,17). The van der Waals surface area contributed by atoms with E-state index in [0.717, 1.165) is 12.8 Å². The monoisotopic (exact) mass is 283 g/mol. The zero-order valence-corrected chi connectivity index (χ0v) is 12.0. The number of amides is 1. The molecule has 0 unspecified atom stereocenters. The van der Waals surface area contributed by atoms with Crippen LogP contribution in [0.1, 0.15) is 29.6 Å². The van der Waals surface area contributed by atoms with Crippen LogP contribution in [0.25, 0.3) is 0 Å². The van der Waals surface area contributed by atoms with Crippen LogP contribution in [0.15, 0.2) is 18.2 Å². The maximum absolute atomic E-state index is 13.7. The molecule has 0 saturated heterocycles. The third-order valence-corrected chi connectivity index (χ3v) is 5.11. The summed E-state index contributed by atoms with van der Waals surface area (Å²) in [5.74, 6) is -0.502. The van der Waals surface area contributed by atoms with E-state index in [-0.39, 0.29) is 16.2 Å². The third kappa shape index (κ3) is 3.03. The third-order valence-electron chi connectivity index (χ3n) is 3.69. The molecule has 1 amide bonds. The van der Waals surface area contributed by atoms with Crippen molar-refractivity contribution in [3.8, 4) is 5.75 Å². The molecular formula is C14H18FNO2S. The summed E-state index contributed by atoms with van der Waals surface area (Å²) in [7, 11) is 1.47. The van der Waals surface area contributed by atoms with Crippen LogP contribution in [-0.4, -0.2) is 30.6 Å². The Bertz CT molecular complexity index is 469. The Hall–Kier alpha value is -1.23. The van der Waals surface area contributed by atoms with Crippen LogP contribution in [0.4, 0.5) is 4.39 Å². The van der Waals surface area contributed by atoms with E-state index >= 15 is 0 Å². The topological polar surface area (TPSA) is 38.3 Å². The zero-order valence-electron chi connectivity index (χ0n) is 11.2. The Labute approximate surface area is 116 Å². The molecule has 2 rings (SSSR count).